The van der Waals surface area contributed by atoms with Crippen molar-refractivity contribution in [2.45, 2.75) is 43.5 Å². The number of hydrogen-bond donors (Lipinski definition) is 1. The summed E-state index contributed by atoms with van der Waals surface area (Å²) in [7, 11) is -3.40. The summed E-state index contributed by atoms with van der Waals surface area (Å²) in [5.74, 6) is -0.314. The summed E-state index contributed by atoms with van der Waals surface area (Å²) in [5.41, 5.74) is 2.72. The molecule has 0 aliphatic heterocycles. The lowest BCUT2D eigenvalue weighted by atomic mass is 9.82. The van der Waals surface area contributed by atoms with Gasteiger partial charge in [0.15, 0.2) is 9.84 Å². The van der Waals surface area contributed by atoms with Gasteiger partial charge in [0, 0.05) is 18.3 Å². The molecular formula is C27H29FN2O3S. The average Bonchev–Trinajstić information content (AvgIpc) is 2.85. The third-order valence-corrected chi connectivity index (χ3v) is 8.51. The van der Waals surface area contributed by atoms with Crippen molar-refractivity contribution in [2.24, 2.45) is 11.8 Å². The van der Waals surface area contributed by atoms with Gasteiger partial charge in [0.25, 0.3) is 0 Å². The fraction of sp³-hybridized carbons (Fsp3) is 0.333. The summed E-state index contributed by atoms with van der Waals surface area (Å²) >= 11 is 0. The van der Waals surface area contributed by atoms with Gasteiger partial charge in [0.2, 0.25) is 5.91 Å². The van der Waals surface area contributed by atoms with Gasteiger partial charge in [0.05, 0.1) is 16.7 Å². The second-order valence-corrected chi connectivity index (χ2v) is 11.1. The molecule has 0 unspecified atom stereocenters. The van der Waals surface area contributed by atoms with Gasteiger partial charge in [-0.3, -0.25) is 9.78 Å². The maximum atomic E-state index is 13.1. The predicted octanol–water partition coefficient (Wildman–Crippen LogP) is 5.35. The maximum absolute atomic E-state index is 13.1. The topological polar surface area (TPSA) is 76.1 Å². The van der Waals surface area contributed by atoms with E-state index in [9.17, 15) is 17.6 Å². The summed E-state index contributed by atoms with van der Waals surface area (Å²) in [4.78, 5) is 17.1. The molecule has 1 fully saturated rings. The maximum Gasteiger partial charge on any atom is 0.223 e. The molecule has 178 valence electrons. The third-order valence-electron chi connectivity index (χ3n) is 6.61. The zero-order valence-corrected chi connectivity index (χ0v) is 20.0. The second kappa shape index (κ2) is 10.5. The van der Waals surface area contributed by atoms with Crippen LogP contribution in [0.15, 0.2) is 78.0 Å². The van der Waals surface area contributed by atoms with Crippen molar-refractivity contribution < 1.29 is 17.6 Å². The highest BCUT2D eigenvalue weighted by Crippen LogP contribution is 2.32. The summed E-state index contributed by atoms with van der Waals surface area (Å²) in [6.07, 6.45) is 6.20. The quantitative estimate of drug-likeness (QED) is 0.495. The van der Waals surface area contributed by atoms with Crippen molar-refractivity contribution in [3.8, 4) is 11.1 Å². The predicted molar refractivity (Wildman–Crippen MR) is 130 cm³/mol. The molecule has 1 amide bonds. The Labute approximate surface area is 200 Å². The number of pyridine rings is 1. The van der Waals surface area contributed by atoms with Gasteiger partial charge in [-0.05, 0) is 85.5 Å². The fourth-order valence-electron chi connectivity index (χ4n) is 4.55. The number of carbonyl (C=O) groups is 1. The Hall–Kier alpha value is -3.06. The molecule has 3 aromatic rings. The van der Waals surface area contributed by atoms with Crippen molar-refractivity contribution in [2.75, 3.05) is 5.75 Å². The number of benzene rings is 2. The van der Waals surface area contributed by atoms with Crippen LogP contribution in [0, 0.1) is 17.7 Å². The minimum atomic E-state index is -3.40. The van der Waals surface area contributed by atoms with E-state index in [0.717, 1.165) is 16.7 Å². The van der Waals surface area contributed by atoms with Crippen molar-refractivity contribution >= 4 is 15.7 Å². The van der Waals surface area contributed by atoms with Crippen LogP contribution >= 0.6 is 0 Å². The number of rotatable bonds is 7. The van der Waals surface area contributed by atoms with Crippen LogP contribution in [0.1, 0.15) is 44.2 Å². The van der Waals surface area contributed by atoms with Crippen LogP contribution in [0.3, 0.4) is 0 Å². The van der Waals surface area contributed by atoms with Crippen molar-refractivity contribution in [1.82, 2.24) is 10.3 Å². The van der Waals surface area contributed by atoms with Gasteiger partial charge in [-0.25, -0.2) is 12.8 Å². The number of carbonyl (C=O) groups excluding carboxylic acids is 1. The molecule has 5 nitrogen and oxygen atoms in total. The van der Waals surface area contributed by atoms with Crippen molar-refractivity contribution in [1.29, 1.82) is 0 Å². The molecule has 7 heteroatoms. The minimum absolute atomic E-state index is 0.0240. The number of halogens is 1. The third kappa shape index (κ3) is 5.89. The van der Waals surface area contributed by atoms with E-state index < -0.39 is 9.84 Å². The lowest BCUT2D eigenvalue weighted by Crippen LogP contribution is -2.35. The Morgan fingerprint density at radius 3 is 2.29 bits per heavy atom. The summed E-state index contributed by atoms with van der Waals surface area (Å²) in [5, 5.41) is 3.01. The highest BCUT2D eigenvalue weighted by molar-refractivity contribution is 7.91. The first kappa shape index (κ1) is 24.1. The van der Waals surface area contributed by atoms with Crippen LogP contribution in [-0.4, -0.2) is 25.1 Å². The van der Waals surface area contributed by atoms with Gasteiger partial charge in [-0.15, -0.1) is 0 Å². The van der Waals surface area contributed by atoms with E-state index in [1.807, 2.05) is 31.2 Å². The van der Waals surface area contributed by atoms with E-state index in [0.29, 0.717) is 30.6 Å². The van der Waals surface area contributed by atoms with Crippen LogP contribution < -0.4 is 5.32 Å². The standard InChI is InChI=1S/C27H29FN2O3S/c1-19(21-8-12-25(28)13-9-21)30-27(31)23-6-4-20(5-7-23)18-34(32,33)26-14-10-22(11-15-26)24-3-2-16-29-17-24/h2-3,8-17,19-20,23H,4-7,18H2,1H3,(H,30,31)/t19-,20-,23-/m1/s1. The van der Waals surface area contributed by atoms with Crippen LogP contribution in [0.2, 0.25) is 0 Å². The Balaban J connectivity index is 1.30. The molecule has 0 bridgehead atoms. The van der Waals surface area contributed by atoms with Gasteiger partial charge in [0.1, 0.15) is 5.82 Å². The molecule has 0 radical (unpaired) electrons. The Kier molecular flexibility index (Phi) is 7.41. The molecule has 1 aliphatic carbocycles. The molecule has 1 aliphatic rings. The van der Waals surface area contributed by atoms with Gasteiger partial charge >= 0.3 is 0 Å². The average molecular weight is 481 g/mol. The van der Waals surface area contributed by atoms with Gasteiger partial charge < -0.3 is 5.32 Å². The summed E-state index contributed by atoms with van der Waals surface area (Å²) in [6, 6.07) is 16.6. The zero-order valence-electron chi connectivity index (χ0n) is 19.2. The van der Waals surface area contributed by atoms with Crippen LogP contribution in [-0.2, 0) is 14.6 Å². The lowest BCUT2D eigenvalue weighted by Gasteiger charge is -2.28. The van der Waals surface area contributed by atoms with Crippen LogP contribution in [0.4, 0.5) is 4.39 Å². The normalized spacial score (nSPS) is 19.4. The number of amides is 1. The molecule has 34 heavy (non-hydrogen) atoms. The first-order chi connectivity index (χ1) is 16.3. The molecular weight excluding hydrogens is 451 g/mol. The van der Waals surface area contributed by atoms with Crippen LogP contribution in [0.5, 0.6) is 0 Å². The zero-order chi connectivity index (χ0) is 24.1. The molecule has 1 aromatic heterocycles. The Morgan fingerprint density at radius 2 is 1.68 bits per heavy atom. The molecule has 0 spiro atoms. The molecule has 4 rings (SSSR count). The molecule has 2 aromatic carbocycles. The first-order valence-corrected chi connectivity index (χ1v) is 13.3. The number of hydrogen-bond acceptors (Lipinski definition) is 4. The SMILES string of the molecule is C[C@@H](NC(=O)[C@H]1CC[C@H](CS(=O)(=O)c2ccc(-c3cccnc3)cc2)CC1)c1ccc(F)cc1. The highest BCUT2D eigenvalue weighted by Gasteiger charge is 2.30. The molecule has 1 heterocycles. The van der Waals surface area contributed by atoms with E-state index in [1.54, 1.807) is 36.7 Å². The molecule has 0 saturated heterocycles. The number of nitrogens with one attached hydrogen (secondary N) is 1. The Bertz CT molecular complexity index is 1200. The van der Waals surface area contributed by atoms with Crippen molar-refractivity contribution in [3.63, 3.8) is 0 Å². The van der Waals surface area contributed by atoms with E-state index in [1.165, 1.54) is 12.1 Å². The van der Waals surface area contributed by atoms with Crippen molar-refractivity contribution in [3.05, 3.63) is 84.4 Å². The molecule has 1 N–H and O–H groups in total. The monoisotopic (exact) mass is 480 g/mol. The highest BCUT2D eigenvalue weighted by atomic mass is 32.2. The molecule has 1 atom stereocenters. The number of sulfone groups is 1. The fourth-order valence-corrected chi connectivity index (χ4v) is 6.25. The van der Waals surface area contributed by atoms with E-state index in [2.05, 4.69) is 10.3 Å². The number of nitrogens with zero attached hydrogens (tertiary/aromatic N) is 1. The van der Waals surface area contributed by atoms with E-state index in [4.69, 9.17) is 0 Å². The van der Waals surface area contributed by atoms with Gasteiger partial charge in [-0.1, -0.05) is 30.3 Å². The summed E-state index contributed by atoms with van der Waals surface area (Å²) < 4.78 is 39.1. The minimum Gasteiger partial charge on any atom is -0.349 e. The summed E-state index contributed by atoms with van der Waals surface area (Å²) in [6.45, 7) is 1.88. The smallest absolute Gasteiger partial charge is 0.223 e. The number of aromatic nitrogens is 1. The second-order valence-electron chi connectivity index (χ2n) is 9.05. The van der Waals surface area contributed by atoms with E-state index in [-0.39, 0.29) is 35.4 Å². The first-order valence-electron chi connectivity index (χ1n) is 11.6. The lowest BCUT2D eigenvalue weighted by molar-refractivity contribution is -0.126. The van der Waals surface area contributed by atoms with E-state index >= 15 is 0 Å². The molecule has 1 saturated carbocycles. The van der Waals surface area contributed by atoms with Crippen LogP contribution in [0.25, 0.3) is 11.1 Å². The Morgan fingerprint density at radius 1 is 1.00 bits per heavy atom. The van der Waals surface area contributed by atoms with Gasteiger partial charge in [-0.2, -0.15) is 0 Å². The largest absolute Gasteiger partial charge is 0.349 e.